The Hall–Kier alpha value is -7.01. The van der Waals surface area contributed by atoms with Gasteiger partial charge in [-0.25, -0.2) is 0 Å². The Labute approximate surface area is 385 Å². The number of phenols is 2. The van der Waals surface area contributed by atoms with Crippen molar-refractivity contribution in [2.45, 2.75) is 66.7 Å². The topological polar surface area (TPSA) is 77.8 Å². The van der Waals surface area contributed by atoms with Crippen molar-refractivity contribution in [3.8, 4) is 11.5 Å². The highest BCUT2D eigenvalue weighted by Gasteiger charge is 2.00. The van der Waals surface area contributed by atoms with Crippen molar-refractivity contribution in [1.29, 1.82) is 0 Å². The highest BCUT2D eigenvalue weighted by Crippen LogP contribution is 2.16. The summed E-state index contributed by atoms with van der Waals surface area (Å²) >= 11 is 0. The van der Waals surface area contributed by atoms with Crippen molar-refractivity contribution in [3.63, 3.8) is 0 Å². The van der Waals surface area contributed by atoms with Crippen LogP contribution >= 0.6 is 0 Å². The molecule has 0 atom stereocenters. The molecule has 334 valence electrons. The number of aliphatic hydroxyl groups is 1. The van der Waals surface area contributed by atoms with Gasteiger partial charge in [0, 0.05) is 12.7 Å². The van der Waals surface area contributed by atoms with Gasteiger partial charge in [-0.2, -0.15) is 0 Å². The molecule has 0 fully saturated rings. The molecule has 0 radical (unpaired) electrons. The fourth-order valence-electron chi connectivity index (χ4n) is 5.34. The van der Waals surface area contributed by atoms with E-state index in [1.54, 1.807) is 31.2 Å². The van der Waals surface area contributed by atoms with Gasteiger partial charge in [0.1, 0.15) is 11.5 Å². The summed E-state index contributed by atoms with van der Waals surface area (Å²) in [6, 6.07) is 77.5. The summed E-state index contributed by atoms with van der Waals surface area (Å²) in [4.78, 5) is 10.6. The molecule has 8 rings (SSSR count). The minimum Gasteiger partial charge on any atom is -0.508 e. The van der Waals surface area contributed by atoms with Crippen molar-refractivity contribution >= 4 is 5.78 Å². The number of carbonyl (C=O) groups is 1. The Morgan fingerprint density at radius 2 is 0.484 bits per heavy atom. The number of phenolic OH excluding ortho intramolecular Hbond substituents is 2. The lowest BCUT2D eigenvalue weighted by Gasteiger charge is -2.05. The molecule has 0 unspecified atom stereocenters. The van der Waals surface area contributed by atoms with Crippen LogP contribution in [0.4, 0.5) is 0 Å². The molecule has 0 aliphatic heterocycles. The third-order valence-corrected chi connectivity index (χ3v) is 8.32. The third kappa shape index (κ3) is 28.5. The van der Waals surface area contributed by atoms with Gasteiger partial charge in [-0.3, -0.25) is 4.79 Å². The molecule has 8 aromatic rings. The summed E-state index contributed by atoms with van der Waals surface area (Å²) in [5.41, 5.74) is 8.45. The predicted molar refractivity (Wildman–Crippen MR) is 273 cm³/mol. The molecule has 64 heavy (non-hydrogen) atoms. The third-order valence-electron chi connectivity index (χ3n) is 8.32. The lowest BCUT2D eigenvalue weighted by Crippen LogP contribution is -1.91. The summed E-state index contributed by atoms with van der Waals surface area (Å²) < 4.78 is 0. The van der Waals surface area contributed by atoms with Crippen LogP contribution in [0.5, 0.6) is 11.5 Å². The van der Waals surface area contributed by atoms with Crippen molar-refractivity contribution in [2.24, 2.45) is 0 Å². The van der Waals surface area contributed by atoms with E-state index in [1.807, 2.05) is 152 Å². The summed E-state index contributed by atoms with van der Waals surface area (Å²) in [7, 11) is 1.00. The number of hydrogen-bond acceptors (Lipinski definition) is 4. The van der Waals surface area contributed by atoms with E-state index in [2.05, 4.69) is 88.4 Å². The summed E-state index contributed by atoms with van der Waals surface area (Å²) in [5, 5.41) is 25.4. The second-order valence-corrected chi connectivity index (χ2v) is 14.3. The van der Waals surface area contributed by atoms with Crippen LogP contribution in [0.2, 0.25) is 0 Å². The molecule has 0 amide bonds. The molecular formula is C60H70O4. The molecule has 8 aromatic carbocycles. The van der Waals surface area contributed by atoms with E-state index in [9.17, 15) is 9.90 Å². The van der Waals surface area contributed by atoms with Crippen LogP contribution in [-0.2, 0) is 19.3 Å². The standard InChI is InChI=1S/C20H18O.C13H12O.C8H8O.2C6H6.2C3H8.CH4O/c21-20-12-10-19(11-13-20)15-18-8-6-17(7-9-18)14-16-4-2-1-3-5-16;14-13-8-6-12(7-9-13)10-11-4-2-1-3-5-11;1-7(9)8-5-3-2-4-6-8;2*1-2-4-6-5-3-1;2*1-3-2;1-2/h1-13,21H,14-15H2;1-9,14H,10H2;2-6H,1H3;2*1-6H;2*3H2,1-2H3;2H,1H3. The number of rotatable bonds is 7. The first-order valence-corrected chi connectivity index (χ1v) is 22.0. The van der Waals surface area contributed by atoms with Crippen LogP contribution in [0.3, 0.4) is 0 Å². The highest BCUT2D eigenvalue weighted by molar-refractivity contribution is 5.93. The summed E-state index contributed by atoms with van der Waals surface area (Å²) in [6.07, 6.45) is 5.29. The van der Waals surface area contributed by atoms with E-state index in [1.165, 1.54) is 46.2 Å². The van der Waals surface area contributed by atoms with Crippen LogP contribution in [0.25, 0.3) is 0 Å². The lowest BCUT2D eigenvalue weighted by atomic mass is 10.0. The Bertz CT molecular complexity index is 2100. The Balaban J connectivity index is 0.000000412. The van der Waals surface area contributed by atoms with Crippen molar-refractivity contribution in [2.75, 3.05) is 7.11 Å². The first-order valence-electron chi connectivity index (χ1n) is 22.0. The van der Waals surface area contributed by atoms with Gasteiger partial charge in [0.25, 0.3) is 0 Å². The number of ketones is 1. The minimum absolute atomic E-state index is 0.121. The van der Waals surface area contributed by atoms with Gasteiger partial charge < -0.3 is 15.3 Å². The number of benzene rings is 8. The fraction of sp³-hybridized carbons (Fsp3) is 0.183. The number of aliphatic hydroxyl groups excluding tert-OH is 1. The molecule has 0 bridgehead atoms. The van der Waals surface area contributed by atoms with E-state index in [4.69, 9.17) is 10.2 Å². The quantitative estimate of drug-likeness (QED) is 0.140. The fourth-order valence-corrected chi connectivity index (χ4v) is 5.34. The highest BCUT2D eigenvalue weighted by atomic mass is 16.3. The number of Topliss-reactive ketones (excluding diaryl/α,β-unsaturated/α-hetero) is 1. The lowest BCUT2D eigenvalue weighted by molar-refractivity contribution is 0.101. The first kappa shape index (κ1) is 55.0. The van der Waals surface area contributed by atoms with E-state index >= 15 is 0 Å². The minimum atomic E-state index is 0.121. The Kier molecular flexibility index (Phi) is 32.4. The van der Waals surface area contributed by atoms with Gasteiger partial charge in [-0.05, 0) is 83.8 Å². The van der Waals surface area contributed by atoms with E-state index in [0.717, 1.165) is 31.9 Å². The average molecular weight is 855 g/mol. The SMILES string of the molecule is CC(=O)c1ccccc1.CCC.CCC.CO.Oc1ccc(Cc2ccc(Cc3ccccc3)cc2)cc1.Oc1ccc(Cc2ccccc2)cc1.c1ccccc1.c1ccccc1. The Morgan fingerprint density at radius 1 is 0.312 bits per heavy atom. The normalized spacial score (nSPS) is 9.05. The number of hydrogen-bond donors (Lipinski definition) is 3. The van der Waals surface area contributed by atoms with Crippen LogP contribution in [0, 0.1) is 0 Å². The van der Waals surface area contributed by atoms with Crippen molar-refractivity contribution in [3.05, 3.63) is 276 Å². The van der Waals surface area contributed by atoms with Crippen molar-refractivity contribution < 1.29 is 20.1 Å². The van der Waals surface area contributed by atoms with Gasteiger partial charge in [0.15, 0.2) is 5.78 Å². The Morgan fingerprint density at radius 3 is 0.688 bits per heavy atom. The zero-order valence-corrected chi connectivity index (χ0v) is 38.8. The molecule has 0 aliphatic carbocycles. The zero-order valence-electron chi connectivity index (χ0n) is 38.8. The average Bonchev–Trinajstić information content (AvgIpc) is 3.35. The van der Waals surface area contributed by atoms with Crippen LogP contribution in [0.1, 0.15) is 91.2 Å². The van der Waals surface area contributed by atoms with Gasteiger partial charge in [-0.15, -0.1) is 0 Å². The van der Waals surface area contributed by atoms with Gasteiger partial charge in [0.2, 0.25) is 0 Å². The van der Waals surface area contributed by atoms with Gasteiger partial charge in [0.05, 0.1) is 0 Å². The number of carbonyl (C=O) groups excluding carboxylic acids is 1. The monoisotopic (exact) mass is 855 g/mol. The van der Waals surface area contributed by atoms with Crippen LogP contribution < -0.4 is 0 Å². The van der Waals surface area contributed by atoms with Crippen LogP contribution in [-0.4, -0.2) is 28.2 Å². The maximum Gasteiger partial charge on any atom is 0.159 e. The largest absolute Gasteiger partial charge is 0.508 e. The second-order valence-electron chi connectivity index (χ2n) is 14.3. The molecule has 0 heterocycles. The molecule has 0 saturated heterocycles. The first-order chi connectivity index (χ1) is 31.3. The molecule has 0 spiro atoms. The van der Waals surface area contributed by atoms with E-state index < -0.39 is 0 Å². The van der Waals surface area contributed by atoms with Crippen molar-refractivity contribution in [1.82, 2.24) is 0 Å². The van der Waals surface area contributed by atoms with Gasteiger partial charge in [-0.1, -0.05) is 253 Å². The summed E-state index contributed by atoms with van der Waals surface area (Å²) in [5.74, 6) is 0.759. The molecule has 0 saturated carbocycles. The van der Waals surface area contributed by atoms with E-state index in [0.29, 0.717) is 11.5 Å². The summed E-state index contributed by atoms with van der Waals surface area (Å²) in [6.45, 7) is 10.1. The van der Waals surface area contributed by atoms with E-state index in [-0.39, 0.29) is 5.78 Å². The maximum absolute atomic E-state index is 10.6. The zero-order chi connectivity index (χ0) is 46.9. The maximum atomic E-state index is 10.6. The predicted octanol–water partition coefficient (Wildman–Crippen LogP) is 15.3. The molecule has 4 nitrogen and oxygen atoms in total. The molecule has 3 N–H and O–H groups in total. The molecular weight excluding hydrogens is 785 g/mol. The molecule has 0 aromatic heterocycles. The second kappa shape index (κ2) is 37.7. The van der Waals surface area contributed by atoms with Crippen LogP contribution in [0.15, 0.2) is 237 Å². The molecule has 0 aliphatic rings. The number of aromatic hydroxyl groups is 2. The smallest absolute Gasteiger partial charge is 0.159 e. The molecule has 4 heteroatoms. The van der Waals surface area contributed by atoms with Gasteiger partial charge >= 0.3 is 0 Å².